The van der Waals surface area contributed by atoms with Crippen LogP contribution < -0.4 is 15.4 Å². The number of rotatable bonds is 9. The maximum Gasteiger partial charge on any atom is 0.270 e. The highest BCUT2D eigenvalue weighted by Gasteiger charge is 2.10. The number of aryl methyl sites for hydroxylation is 1. The summed E-state index contributed by atoms with van der Waals surface area (Å²) in [6, 6.07) is 9.46. The average molecular weight is 342 g/mol. The minimum Gasteiger partial charge on any atom is -0.497 e. The van der Waals surface area contributed by atoms with Crippen LogP contribution >= 0.6 is 0 Å². The fourth-order valence-corrected chi connectivity index (χ4v) is 2.36. The summed E-state index contributed by atoms with van der Waals surface area (Å²) in [7, 11) is 1.64. The van der Waals surface area contributed by atoms with E-state index in [0.717, 1.165) is 36.3 Å². The van der Waals surface area contributed by atoms with Crippen molar-refractivity contribution in [3.63, 3.8) is 0 Å². The Labute approximate surface area is 149 Å². The first-order valence-electron chi connectivity index (χ1n) is 8.63. The minimum absolute atomic E-state index is 0.158. The van der Waals surface area contributed by atoms with Crippen LogP contribution in [0.3, 0.4) is 0 Å². The zero-order chi connectivity index (χ0) is 18.1. The van der Waals surface area contributed by atoms with Crippen molar-refractivity contribution in [3.8, 4) is 5.75 Å². The van der Waals surface area contributed by atoms with Crippen LogP contribution in [0.2, 0.25) is 0 Å². The topological polar surface area (TPSA) is 76.1 Å². The van der Waals surface area contributed by atoms with E-state index < -0.39 is 0 Å². The van der Waals surface area contributed by atoms with Gasteiger partial charge in [-0.2, -0.15) is 0 Å². The molecule has 0 saturated heterocycles. The largest absolute Gasteiger partial charge is 0.497 e. The summed E-state index contributed by atoms with van der Waals surface area (Å²) in [6.45, 7) is 5.24. The number of methoxy groups -OCH3 is 1. The fourth-order valence-electron chi connectivity index (χ4n) is 2.36. The number of ether oxygens (including phenoxy) is 1. The van der Waals surface area contributed by atoms with Gasteiger partial charge in [0.1, 0.15) is 11.4 Å². The van der Waals surface area contributed by atoms with Crippen LogP contribution in [0.1, 0.15) is 47.9 Å². The second-order valence-electron chi connectivity index (χ2n) is 5.88. The van der Waals surface area contributed by atoms with E-state index in [-0.39, 0.29) is 5.91 Å². The van der Waals surface area contributed by atoms with Gasteiger partial charge in [0, 0.05) is 18.8 Å². The molecule has 1 aromatic carbocycles. The Bertz CT molecular complexity index is 686. The summed E-state index contributed by atoms with van der Waals surface area (Å²) >= 11 is 0. The fraction of sp³-hybridized carbons (Fsp3) is 0.421. The molecule has 2 N–H and O–H groups in total. The summed E-state index contributed by atoms with van der Waals surface area (Å²) in [5.41, 5.74) is 2.23. The number of aromatic nitrogens is 2. The molecule has 0 atom stereocenters. The number of carbonyl (C=O) groups excluding carboxylic acids is 1. The number of hydrogen-bond donors (Lipinski definition) is 2. The maximum absolute atomic E-state index is 12.2. The van der Waals surface area contributed by atoms with E-state index in [4.69, 9.17) is 4.74 Å². The lowest BCUT2D eigenvalue weighted by atomic mass is 10.2. The Kier molecular flexibility index (Phi) is 7.19. The van der Waals surface area contributed by atoms with Gasteiger partial charge in [-0.05, 0) is 37.1 Å². The normalized spacial score (nSPS) is 10.4. The van der Waals surface area contributed by atoms with Crippen LogP contribution in [0.5, 0.6) is 5.75 Å². The zero-order valence-corrected chi connectivity index (χ0v) is 15.1. The molecule has 0 aliphatic heterocycles. The van der Waals surface area contributed by atoms with Gasteiger partial charge >= 0.3 is 0 Å². The summed E-state index contributed by atoms with van der Waals surface area (Å²) in [4.78, 5) is 20.9. The molecule has 1 amide bonds. The second-order valence-corrected chi connectivity index (χ2v) is 5.88. The summed E-state index contributed by atoms with van der Waals surface area (Å²) in [6.07, 6.45) is 3.22. The van der Waals surface area contributed by atoms with Gasteiger partial charge < -0.3 is 15.4 Å². The predicted octanol–water partition coefficient (Wildman–Crippen LogP) is 3.33. The second kappa shape index (κ2) is 9.61. The van der Waals surface area contributed by atoms with Crippen molar-refractivity contribution in [1.29, 1.82) is 0 Å². The van der Waals surface area contributed by atoms with Crippen molar-refractivity contribution >= 4 is 11.9 Å². The molecule has 6 nitrogen and oxygen atoms in total. The first kappa shape index (κ1) is 18.7. The van der Waals surface area contributed by atoms with E-state index in [9.17, 15) is 4.79 Å². The lowest BCUT2D eigenvalue weighted by molar-refractivity contribution is 0.0948. The molecule has 0 fully saturated rings. The first-order chi connectivity index (χ1) is 12.1. The number of benzene rings is 1. The van der Waals surface area contributed by atoms with Crippen LogP contribution in [0.4, 0.5) is 5.95 Å². The van der Waals surface area contributed by atoms with E-state index >= 15 is 0 Å². The number of anilines is 1. The van der Waals surface area contributed by atoms with Crippen LogP contribution in [0.25, 0.3) is 0 Å². The SMILES string of the molecule is CCCCCNC(=O)c1cc(C)nc(NCc2ccc(OC)cc2)n1. The number of hydrogen-bond acceptors (Lipinski definition) is 5. The van der Waals surface area contributed by atoms with Crippen LogP contribution in [0, 0.1) is 6.92 Å². The van der Waals surface area contributed by atoms with Gasteiger partial charge in [0.05, 0.1) is 7.11 Å². The van der Waals surface area contributed by atoms with Gasteiger partial charge in [0.15, 0.2) is 0 Å². The third kappa shape index (κ3) is 6.06. The van der Waals surface area contributed by atoms with Gasteiger partial charge in [-0.1, -0.05) is 31.9 Å². The molecule has 0 radical (unpaired) electrons. The van der Waals surface area contributed by atoms with Crippen LogP contribution in [0.15, 0.2) is 30.3 Å². The summed E-state index contributed by atoms with van der Waals surface area (Å²) < 4.78 is 5.15. The highest BCUT2D eigenvalue weighted by molar-refractivity contribution is 5.92. The maximum atomic E-state index is 12.2. The molecule has 0 saturated carbocycles. The van der Waals surface area contributed by atoms with Crippen molar-refractivity contribution in [2.75, 3.05) is 19.0 Å². The summed E-state index contributed by atoms with van der Waals surface area (Å²) in [5, 5.41) is 6.07. The lowest BCUT2D eigenvalue weighted by Gasteiger charge is -2.09. The Hall–Kier alpha value is -2.63. The van der Waals surface area contributed by atoms with Gasteiger partial charge in [0.25, 0.3) is 5.91 Å². The van der Waals surface area contributed by atoms with Crippen molar-refractivity contribution in [3.05, 3.63) is 47.3 Å². The molecule has 1 aromatic heterocycles. The number of unbranched alkanes of at least 4 members (excludes halogenated alkanes) is 2. The van der Waals surface area contributed by atoms with Crippen molar-refractivity contribution in [2.24, 2.45) is 0 Å². The van der Waals surface area contributed by atoms with E-state index in [1.807, 2.05) is 31.2 Å². The number of nitrogens with one attached hydrogen (secondary N) is 2. The Morgan fingerprint density at radius 1 is 1.16 bits per heavy atom. The highest BCUT2D eigenvalue weighted by atomic mass is 16.5. The Morgan fingerprint density at radius 2 is 1.92 bits per heavy atom. The molecule has 0 aliphatic rings. The van der Waals surface area contributed by atoms with Crippen molar-refractivity contribution in [2.45, 2.75) is 39.7 Å². The molecular weight excluding hydrogens is 316 g/mol. The zero-order valence-electron chi connectivity index (χ0n) is 15.1. The van der Waals surface area contributed by atoms with Crippen LogP contribution in [-0.4, -0.2) is 29.5 Å². The molecule has 0 spiro atoms. The predicted molar refractivity (Wildman–Crippen MR) is 98.9 cm³/mol. The summed E-state index contributed by atoms with van der Waals surface area (Å²) in [5.74, 6) is 1.11. The van der Waals surface area contributed by atoms with Crippen molar-refractivity contribution < 1.29 is 9.53 Å². The quantitative estimate of drug-likeness (QED) is 0.684. The molecule has 25 heavy (non-hydrogen) atoms. The third-order valence-corrected chi connectivity index (χ3v) is 3.76. The van der Waals surface area contributed by atoms with E-state index in [2.05, 4.69) is 27.5 Å². The molecule has 134 valence electrons. The van der Waals surface area contributed by atoms with E-state index in [1.165, 1.54) is 0 Å². The monoisotopic (exact) mass is 342 g/mol. The Balaban J connectivity index is 1.96. The third-order valence-electron chi connectivity index (χ3n) is 3.76. The van der Waals surface area contributed by atoms with Gasteiger partial charge in [0.2, 0.25) is 5.95 Å². The Morgan fingerprint density at radius 3 is 2.60 bits per heavy atom. The van der Waals surface area contributed by atoms with E-state index in [0.29, 0.717) is 24.7 Å². The molecule has 0 bridgehead atoms. The standard InChI is InChI=1S/C19H26N4O2/c1-4-5-6-11-20-18(24)17-12-14(2)22-19(23-17)21-13-15-7-9-16(25-3)10-8-15/h7-10,12H,4-6,11,13H2,1-3H3,(H,20,24)(H,21,22,23). The molecule has 0 unspecified atom stereocenters. The van der Waals surface area contributed by atoms with Crippen molar-refractivity contribution in [1.82, 2.24) is 15.3 Å². The first-order valence-corrected chi connectivity index (χ1v) is 8.63. The molecule has 2 rings (SSSR count). The molecular formula is C19H26N4O2. The van der Waals surface area contributed by atoms with E-state index in [1.54, 1.807) is 13.2 Å². The number of nitrogens with zero attached hydrogens (tertiary/aromatic N) is 2. The molecule has 6 heteroatoms. The number of amides is 1. The smallest absolute Gasteiger partial charge is 0.270 e. The average Bonchev–Trinajstić information content (AvgIpc) is 2.63. The lowest BCUT2D eigenvalue weighted by Crippen LogP contribution is -2.26. The molecule has 1 heterocycles. The van der Waals surface area contributed by atoms with Crippen LogP contribution in [-0.2, 0) is 6.54 Å². The van der Waals surface area contributed by atoms with Gasteiger partial charge in [-0.3, -0.25) is 4.79 Å². The van der Waals surface area contributed by atoms with Gasteiger partial charge in [-0.15, -0.1) is 0 Å². The highest BCUT2D eigenvalue weighted by Crippen LogP contribution is 2.13. The molecule has 0 aliphatic carbocycles. The van der Waals surface area contributed by atoms with Gasteiger partial charge in [-0.25, -0.2) is 9.97 Å². The minimum atomic E-state index is -0.158. The molecule has 2 aromatic rings. The number of carbonyl (C=O) groups is 1.